The number of hydrogen-bond donors (Lipinski definition) is 0. The van der Waals surface area contributed by atoms with E-state index in [1.807, 2.05) is 13.8 Å². The van der Waals surface area contributed by atoms with Gasteiger partial charge in [-0.05, 0) is 37.9 Å². The molecular formula is C8H7Br2FN2S. The molecule has 2 rings (SSSR count). The summed E-state index contributed by atoms with van der Waals surface area (Å²) in [6.45, 7) is 4.00. The number of hydrogen-bond acceptors (Lipinski definition) is 3. The Morgan fingerprint density at radius 3 is 2.43 bits per heavy atom. The number of halogens is 3. The minimum atomic E-state index is -0.331. The van der Waals surface area contributed by atoms with Crippen LogP contribution in [0.3, 0.4) is 0 Å². The zero-order valence-corrected chi connectivity index (χ0v) is 11.5. The molecule has 0 spiro atoms. The summed E-state index contributed by atoms with van der Waals surface area (Å²) >= 11 is 7.37. The Bertz CT molecular complexity index is 444. The monoisotopic (exact) mass is 340 g/mol. The lowest BCUT2D eigenvalue weighted by atomic mass is 10.3. The fraction of sp³-hybridized carbons (Fsp3) is 0.250. The lowest BCUT2D eigenvalue weighted by molar-refractivity contribution is 0.622. The molecule has 0 bridgehead atoms. The van der Waals surface area contributed by atoms with Crippen LogP contribution in [-0.4, -0.2) is 8.75 Å². The molecule has 0 aliphatic carbocycles. The Hall–Kier alpha value is -0.0700. The van der Waals surface area contributed by atoms with E-state index >= 15 is 0 Å². The van der Waals surface area contributed by atoms with Crippen molar-refractivity contribution < 1.29 is 4.39 Å². The first-order valence-corrected chi connectivity index (χ1v) is 6.27. The van der Waals surface area contributed by atoms with E-state index in [1.54, 1.807) is 0 Å². The highest BCUT2D eigenvalue weighted by Gasteiger charge is 2.11. The van der Waals surface area contributed by atoms with Gasteiger partial charge in [0.1, 0.15) is 16.9 Å². The molecule has 0 fully saturated rings. The van der Waals surface area contributed by atoms with Crippen LogP contribution in [0.25, 0.3) is 11.0 Å². The summed E-state index contributed by atoms with van der Waals surface area (Å²) in [5.74, 6) is -0.331. The van der Waals surface area contributed by atoms with Crippen molar-refractivity contribution >= 4 is 54.6 Å². The Kier molecular flexibility index (Phi) is 4.40. The average Bonchev–Trinajstić information content (AvgIpc) is 2.67. The average molecular weight is 342 g/mol. The van der Waals surface area contributed by atoms with E-state index in [2.05, 4.69) is 40.6 Å². The smallest absolute Gasteiger partial charge is 0.140 e. The number of fused-ring (bicyclic) bond motifs is 1. The zero-order chi connectivity index (χ0) is 10.7. The Balaban J connectivity index is 0.000000461. The number of rotatable bonds is 0. The highest BCUT2D eigenvalue weighted by atomic mass is 79.9. The van der Waals surface area contributed by atoms with Crippen LogP contribution in [0, 0.1) is 5.82 Å². The van der Waals surface area contributed by atoms with Crippen molar-refractivity contribution in [3.63, 3.8) is 0 Å². The van der Waals surface area contributed by atoms with Crippen molar-refractivity contribution in [1.29, 1.82) is 0 Å². The predicted molar refractivity (Wildman–Crippen MR) is 64.1 cm³/mol. The SMILES string of the molecule is CC.Fc1cc(Br)c2nsnc2c1Br. The van der Waals surface area contributed by atoms with E-state index in [9.17, 15) is 4.39 Å². The summed E-state index contributed by atoms with van der Waals surface area (Å²) < 4.78 is 22.0. The van der Waals surface area contributed by atoms with Crippen LogP contribution in [-0.2, 0) is 0 Å². The molecule has 1 heterocycles. The second kappa shape index (κ2) is 5.14. The minimum Gasteiger partial charge on any atom is -0.206 e. The molecule has 0 aliphatic rings. The van der Waals surface area contributed by atoms with Crippen molar-refractivity contribution in [2.75, 3.05) is 0 Å². The molecule has 2 aromatic rings. The van der Waals surface area contributed by atoms with Crippen LogP contribution in [0.15, 0.2) is 15.0 Å². The maximum Gasteiger partial charge on any atom is 0.140 e. The Morgan fingerprint density at radius 1 is 1.21 bits per heavy atom. The van der Waals surface area contributed by atoms with Gasteiger partial charge < -0.3 is 0 Å². The highest BCUT2D eigenvalue weighted by molar-refractivity contribution is 9.11. The fourth-order valence-electron chi connectivity index (χ4n) is 0.845. The number of nitrogens with zero attached hydrogens (tertiary/aromatic N) is 2. The molecule has 1 aromatic heterocycles. The Morgan fingerprint density at radius 2 is 1.79 bits per heavy atom. The molecule has 0 saturated carbocycles. The first-order valence-electron chi connectivity index (χ1n) is 3.96. The van der Waals surface area contributed by atoms with Crippen molar-refractivity contribution in [3.05, 3.63) is 20.8 Å². The number of benzene rings is 1. The van der Waals surface area contributed by atoms with Crippen LogP contribution in [0.4, 0.5) is 4.39 Å². The van der Waals surface area contributed by atoms with Gasteiger partial charge in [0.25, 0.3) is 0 Å². The van der Waals surface area contributed by atoms with E-state index in [-0.39, 0.29) is 5.82 Å². The third kappa shape index (κ3) is 2.12. The molecule has 76 valence electrons. The van der Waals surface area contributed by atoms with Gasteiger partial charge in [0.15, 0.2) is 0 Å². The maximum absolute atomic E-state index is 13.0. The lowest BCUT2D eigenvalue weighted by Gasteiger charge is -1.95. The van der Waals surface area contributed by atoms with E-state index < -0.39 is 0 Å². The van der Waals surface area contributed by atoms with Crippen LogP contribution >= 0.6 is 43.6 Å². The molecule has 14 heavy (non-hydrogen) atoms. The fourth-order valence-corrected chi connectivity index (χ4v) is 2.52. The zero-order valence-electron chi connectivity index (χ0n) is 7.51. The molecular weight excluding hydrogens is 335 g/mol. The molecule has 1 aromatic carbocycles. The standard InChI is InChI=1S/C6HBr2FN2S.C2H6/c7-2-1-3(9)4(8)6-5(2)10-12-11-6;1-2/h1H;1-2H3. The number of aromatic nitrogens is 2. The molecule has 0 radical (unpaired) electrons. The molecule has 6 heteroatoms. The van der Waals surface area contributed by atoms with E-state index in [0.717, 1.165) is 11.7 Å². The van der Waals surface area contributed by atoms with E-state index in [0.29, 0.717) is 20.0 Å². The van der Waals surface area contributed by atoms with Gasteiger partial charge in [-0.25, -0.2) is 4.39 Å². The second-order valence-corrected chi connectivity index (χ2v) is 4.29. The van der Waals surface area contributed by atoms with Crippen molar-refractivity contribution in [2.24, 2.45) is 0 Å². The maximum atomic E-state index is 13.0. The van der Waals surface area contributed by atoms with E-state index in [1.165, 1.54) is 6.07 Å². The third-order valence-corrected chi connectivity index (χ3v) is 3.27. The third-order valence-electron chi connectivity index (χ3n) is 1.39. The molecule has 0 N–H and O–H groups in total. The van der Waals surface area contributed by atoms with Gasteiger partial charge in [0, 0.05) is 4.47 Å². The first-order chi connectivity index (χ1) is 6.70. The second-order valence-electron chi connectivity index (χ2n) is 2.12. The first kappa shape index (κ1) is 12.0. The molecule has 0 unspecified atom stereocenters. The van der Waals surface area contributed by atoms with Gasteiger partial charge >= 0.3 is 0 Å². The van der Waals surface area contributed by atoms with Crippen LogP contribution in [0.1, 0.15) is 13.8 Å². The van der Waals surface area contributed by atoms with Crippen LogP contribution < -0.4 is 0 Å². The van der Waals surface area contributed by atoms with Gasteiger partial charge in [-0.2, -0.15) is 8.75 Å². The van der Waals surface area contributed by atoms with Crippen molar-refractivity contribution in [2.45, 2.75) is 13.8 Å². The summed E-state index contributed by atoms with van der Waals surface area (Å²) in [6, 6.07) is 1.37. The van der Waals surface area contributed by atoms with Crippen molar-refractivity contribution in [3.8, 4) is 0 Å². The van der Waals surface area contributed by atoms with Crippen molar-refractivity contribution in [1.82, 2.24) is 8.75 Å². The molecule has 0 amide bonds. The van der Waals surface area contributed by atoms with Gasteiger partial charge in [-0.3, -0.25) is 0 Å². The molecule has 0 saturated heterocycles. The Labute approximate surface area is 102 Å². The van der Waals surface area contributed by atoms with E-state index in [4.69, 9.17) is 0 Å². The molecule has 0 aliphatic heterocycles. The topological polar surface area (TPSA) is 25.8 Å². The quantitative estimate of drug-likeness (QED) is 0.664. The largest absolute Gasteiger partial charge is 0.206 e. The van der Waals surface area contributed by atoms with Gasteiger partial charge in [-0.1, -0.05) is 13.8 Å². The minimum absolute atomic E-state index is 0.331. The highest BCUT2D eigenvalue weighted by Crippen LogP contribution is 2.30. The summed E-state index contributed by atoms with van der Waals surface area (Å²) in [5.41, 5.74) is 1.25. The van der Waals surface area contributed by atoms with Gasteiger partial charge in [0.05, 0.1) is 16.2 Å². The van der Waals surface area contributed by atoms with Crippen LogP contribution in [0.2, 0.25) is 0 Å². The molecule has 2 nitrogen and oxygen atoms in total. The normalized spacial score (nSPS) is 9.79. The van der Waals surface area contributed by atoms with Crippen LogP contribution in [0.5, 0.6) is 0 Å². The summed E-state index contributed by atoms with van der Waals surface area (Å²) in [7, 11) is 0. The lowest BCUT2D eigenvalue weighted by Crippen LogP contribution is -1.81. The van der Waals surface area contributed by atoms with Gasteiger partial charge in [0.2, 0.25) is 0 Å². The summed E-state index contributed by atoms with van der Waals surface area (Å²) in [5, 5.41) is 0. The summed E-state index contributed by atoms with van der Waals surface area (Å²) in [4.78, 5) is 0. The molecule has 0 atom stereocenters. The summed E-state index contributed by atoms with van der Waals surface area (Å²) in [6.07, 6.45) is 0. The predicted octanol–water partition coefficient (Wildman–Crippen LogP) is 4.38. The van der Waals surface area contributed by atoms with Gasteiger partial charge in [-0.15, -0.1) is 0 Å².